The molecule has 154 valence electrons. The van der Waals surface area contributed by atoms with Gasteiger partial charge in [0.1, 0.15) is 12.4 Å². The topological polar surface area (TPSA) is 59.4 Å². The van der Waals surface area contributed by atoms with Gasteiger partial charge in [0.15, 0.2) is 0 Å². The molecule has 7 heteroatoms. The molecule has 6 nitrogen and oxygen atoms in total. The third-order valence-electron chi connectivity index (χ3n) is 5.72. The molecular weight excluding hydrogens is 400 g/mol. The predicted octanol–water partition coefficient (Wildman–Crippen LogP) is 3.90. The summed E-state index contributed by atoms with van der Waals surface area (Å²) in [6.07, 6.45) is 1.84. The first-order chi connectivity index (χ1) is 14.7. The number of hydrogen-bond donors (Lipinski definition) is 1. The number of nitrogens with one attached hydrogen (secondary N) is 1. The quantitative estimate of drug-likeness (QED) is 0.692. The van der Waals surface area contributed by atoms with Gasteiger partial charge in [-0.25, -0.2) is 4.68 Å². The fourth-order valence-corrected chi connectivity index (χ4v) is 4.27. The number of fused-ring (bicyclic) bond motifs is 3. The monoisotopic (exact) mass is 422 g/mol. The highest BCUT2D eigenvalue weighted by atomic mass is 35.5. The number of carbonyl (C=O) groups is 1. The Morgan fingerprint density at radius 2 is 1.83 bits per heavy atom. The Bertz CT molecular complexity index is 1070. The molecule has 1 aliphatic heterocycles. The van der Waals surface area contributed by atoms with Crippen molar-refractivity contribution in [1.82, 2.24) is 14.7 Å². The lowest BCUT2D eigenvalue weighted by Crippen LogP contribution is -2.42. The van der Waals surface area contributed by atoms with Crippen LogP contribution in [0.3, 0.4) is 0 Å². The van der Waals surface area contributed by atoms with Crippen LogP contribution >= 0.6 is 11.6 Å². The third kappa shape index (κ3) is 3.68. The van der Waals surface area contributed by atoms with Gasteiger partial charge in [-0.3, -0.25) is 4.79 Å². The van der Waals surface area contributed by atoms with Gasteiger partial charge in [-0.15, -0.1) is 0 Å². The van der Waals surface area contributed by atoms with Crippen molar-refractivity contribution in [3.05, 3.63) is 64.7 Å². The van der Waals surface area contributed by atoms with Crippen LogP contribution in [0, 0.1) is 0 Å². The maximum Gasteiger partial charge on any atom is 0.244 e. The summed E-state index contributed by atoms with van der Waals surface area (Å²) in [5, 5.41) is 9.07. The summed E-state index contributed by atoms with van der Waals surface area (Å²) >= 11 is 6.05. The maximum atomic E-state index is 12.9. The molecule has 3 aromatic rings. The van der Waals surface area contributed by atoms with E-state index in [1.807, 2.05) is 39.9 Å². The first kappa shape index (κ1) is 19.2. The Labute approximate surface area is 180 Å². The predicted molar refractivity (Wildman–Crippen MR) is 117 cm³/mol. The van der Waals surface area contributed by atoms with Crippen molar-refractivity contribution < 1.29 is 9.53 Å². The highest BCUT2D eigenvalue weighted by molar-refractivity contribution is 6.30. The second-order valence-corrected chi connectivity index (χ2v) is 8.05. The van der Waals surface area contributed by atoms with Crippen LogP contribution in [0.5, 0.6) is 0 Å². The van der Waals surface area contributed by atoms with E-state index in [9.17, 15) is 4.79 Å². The standard InChI is InChI=1S/C23H23ClN4O2/c24-17-6-8-18(9-7-17)25-23-20-10-5-16-3-1-2-4-19(16)22(20)26-28(23)15-21(29)27-11-13-30-14-12-27/h1-4,6-9,25H,5,10-15H2. The zero-order valence-electron chi connectivity index (χ0n) is 16.6. The van der Waals surface area contributed by atoms with Crippen LogP contribution in [0.15, 0.2) is 48.5 Å². The van der Waals surface area contributed by atoms with Crippen molar-refractivity contribution in [2.75, 3.05) is 31.6 Å². The minimum Gasteiger partial charge on any atom is -0.378 e. The van der Waals surface area contributed by atoms with Crippen molar-refractivity contribution in [1.29, 1.82) is 0 Å². The number of anilines is 2. The number of aryl methyl sites for hydroxylation is 1. The Balaban J connectivity index is 1.52. The van der Waals surface area contributed by atoms with Gasteiger partial charge in [0.25, 0.3) is 0 Å². The molecule has 2 heterocycles. The van der Waals surface area contributed by atoms with Gasteiger partial charge >= 0.3 is 0 Å². The lowest BCUT2D eigenvalue weighted by Gasteiger charge is -2.27. The average Bonchev–Trinajstić information content (AvgIpc) is 3.13. The molecule has 1 aromatic heterocycles. The van der Waals surface area contributed by atoms with Gasteiger partial charge < -0.3 is 15.0 Å². The van der Waals surface area contributed by atoms with E-state index in [2.05, 4.69) is 23.5 Å². The van der Waals surface area contributed by atoms with Crippen molar-refractivity contribution in [3.63, 3.8) is 0 Å². The first-order valence-electron chi connectivity index (χ1n) is 10.2. The van der Waals surface area contributed by atoms with Gasteiger partial charge in [-0.2, -0.15) is 5.10 Å². The van der Waals surface area contributed by atoms with Crippen molar-refractivity contribution in [2.24, 2.45) is 0 Å². The van der Waals surface area contributed by atoms with Crippen LogP contribution in [-0.2, 0) is 28.9 Å². The summed E-state index contributed by atoms with van der Waals surface area (Å²) in [6, 6.07) is 16.0. The number of nitrogens with zero attached hydrogens (tertiary/aromatic N) is 3. The number of halogens is 1. The van der Waals surface area contributed by atoms with E-state index < -0.39 is 0 Å². The fourth-order valence-electron chi connectivity index (χ4n) is 4.15. The van der Waals surface area contributed by atoms with Crippen molar-refractivity contribution in [3.8, 4) is 11.3 Å². The van der Waals surface area contributed by atoms with E-state index in [4.69, 9.17) is 21.4 Å². The Morgan fingerprint density at radius 1 is 1.07 bits per heavy atom. The minimum absolute atomic E-state index is 0.0607. The molecule has 1 N–H and O–H groups in total. The number of ether oxygens (including phenoxy) is 1. The molecule has 0 spiro atoms. The van der Waals surface area contributed by atoms with E-state index in [0.717, 1.165) is 41.2 Å². The van der Waals surface area contributed by atoms with Crippen LogP contribution in [-0.4, -0.2) is 46.9 Å². The molecule has 0 bridgehead atoms. The maximum absolute atomic E-state index is 12.9. The smallest absolute Gasteiger partial charge is 0.244 e. The molecule has 1 fully saturated rings. The number of amides is 1. The SMILES string of the molecule is O=C(Cn1nc2c(c1Nc1ccc(Cl)cc1)CCc1ccccc1-2)N1CCOCC1. The number of benzene rings is 2. The second kappa shape index (κ2) is 8.13. The molecule has 1 amide bonds. The molecule has 0 saturated carbocycles. The zero-order chi connectivity index (χ0) is 20.5. The van der Waals surface area contributed by atoms with E-state index in [0.29, 0.717) is 31.3 Å². The summed E-state index contributed by atoms with van der Waals surface area (Å²) in [5.74, 6) is 0.939. The van der Waals surface area contributed by atoms with Crippen LogP contribution in [0.1, 0.15) is 11.1 Å². The van der Waals surface area contributed by atoms with Crippen molar-refractivity contribution >= 4 is 29.0 Å². The van der Waals surface area contributed by atoms with Gasteiger partial charge in [0.05, 0.1) is 18.9 Å². The molecule has 0 radical (unpaired) electrons. The molecule has 1 aliphatic carbocycles. The number of rotatable bonds is 4. The second-order valence-electron chi connectivity index (χ2n) is 7.62. The molecular formula is C23H23ClN4O2. The normalized spacial score (nSPS) is 15.4. The molecule has 2 aromatic carbocycles. The van der Waals surface area contributed by atoms with Crippen LogP contribution in [0.2, 0.25) is 5.02 Å². The van der Waals surface area contributed by atoms with E-state index >= 15 is 0 Å². The Morgan fingerprint density at radius 3 is 2.63 bits per heavy atom. The van der Waals surface area contributed by atoms with Crippen LogP contribution < -0.4 is 5.32 Å². The summed E-state index contributed by atoms with van der Waals surface area (Å²) < 4.78 is 7.20. The zero-order valence-corrected chi connectivity index (χ0v) is 17.4. The largest absolute Gasteiger partial charge is 0.378 e. The van der Waals surface area contributed by atoms with E-state index in [1.165, 1.54) is 5.56 Å². The third-order valence-corrected chi connectivity index (χ3v) is 5.98. The molecule has 30 heavy (non-hydrogen) atoms. The lowest BCUT2D eigenvalue weighted by atomic mass is 9.90. The Kier molecular flexibility index (Phi) is 5.19. The molecule has 5 rings (SSSR count). The van der Waals surface area contributed by atoms with Gasteiger partial charge in [0, 0.05) is 34.9 Å². The lowest BCUT2D eigenvalue weighted by molar-refractivity contribution is -0.136. The summed E-state index contributed by atoms with van der Waals surface area (Å²) in [7, 11) is 0. The Hall–Kier alpha value is -2.83. The first-order valence-corrected chi connectivity index (χ1v) is 10.6. The summed E-state index contributed by atoms with van der Waals surface area (Å²) in [4.78, 5) is 14.8. The van der Waals surface area contributed by atoms with E-state index in [-0.39, 0.29) is 12.5 Å². The highest BCUT2D eigenvalue weighted by Gasteiger charge is 2.27. The number of hydrogen-bond acceptors (Lipinski definition) is 4. The number of morpholine rings is 1. The van der Waals surface area contributed by atoms with Crippen molar-refractivity contribution in [2.45, 2.75) is 19.4 Å². The summed E-state index contributed by atoms with van der Waals surface area (Å²) in [6.45, 7) is 2.63. The number of carbonyl (C=O) groups excluding carboxylic acids is 1. The summed E-state index contributed by atoms with van der Waals surface area (Å²) in [5.41, 5.74) is 5.48. The molecule has 1 saturated heterocycles. The number of aromatic nitrogens is 2. The van der Waals surface area contributed by atoms with E-state index in [1.54, 1.807) is 0 Å². The fraction of sp³-hybridized carbons (Fsp3) is 0.304. The highest BCUT2D eigenvalue weighted by Crippen LogP contribution is 2.38. The van der Waals surface area contributed by atoms with Crippen LogP contribution in [0.25, 0.3) is 11.3 Å². The minimum atomic E-state index is 0.0607. The molecule has 2 aliphatic rings. The van der Waals surface area contributed by atoms with Gasteiger partial charge in [0.2, 0.25) is 5.91 Å². The molecule has 0 unspecified atom stereocenters. The molecule has 0 atom stereocenters. The van der Waals surface area contributed by atoms with Crippen LogP contribution in [0.4, 0.5) is 11.5 Å². The average molecular weight is 423 g/mol. The van der Waals surface area contributed by atoms with Gasteiger partial charge in [-0.05, 0) is 42.7 Å². The van der Waals surface area contributed by atoms with Gasteiger partial charge in [-0.1, -0.05) is 35.9 Å².